The van der Waals surface area contributed by atoms with Crippen molar-refractivity contribution in [2.24, 2.45) is 5.73 Å². The van der Waals surface area contributed by atoms with E-state index in [1.54, 1.807) is 0 Å². The molecule has 12 heteroatoms. The fourth-order valence-corrected chi connectivity index (χ4v) is 3.68. The number of hydrogen-bond acceptors (Lipinski definition) is 5. The largest absolute Gasteiger partial charge is 0.433 e. The lowest BCUT2D eigenvalue weighted by Crippen LogP contribution is -2.32. The molecular formula is C20H17F5N6O. The Labute approximate surface area is 178 Å². The molecule has 1 amide bonds. The Bertz CT molecular complexity index is 1160. The van der Waals surface area contributed by atoms with Crippen molar-refractivity contribution in [1.82, 2.24) is 24.6 Å². The number of pyridine rings is 2. The molecule has 0 saturated heterocycles. The van der Waals surface area contributed by atoms with Gasteiger partial charge in [-0.05, 0) is 41.3 Å². The van der Waals surface area contributed by atoms with Gasteiger partial charge in [0.05, 0.1) is 11.9 Å². The first kappa shape index (κ1) is 21.8. The zero-order valence-corrected chi connectivity index (χ0v) is 16.5. The predicted molar refractivity (Wildman–Crippen MR) is 102 cm³/mol. The van der Waals surface area contributed by atoms with E-state index in [2.05, 4.69) is 15.1 Å². The summed E-state index contributed by atoms with van der Waals surface area (Å²) in [5.41, 5.74) is 7.00. The molecule has 7 nitrogen and oxygen atoms in total. The van der Waals surface area contributed by atoms with Crippen molar-refractivity contribution in [2.75, 3.05) is 6.54 Å². The first-order chi connectivity index (χ1) is 15.1. The average Bonchev–Trinajstić information content (AvgIpc) is 3.23. The summed E-state index contributed by atoms with van der Waals surface area (Å²) >= 11 is 0. The number of nitrogens with two attached hydrogens (primary N) is 1. The van der Waals surface area contributed by atoms with Crippen LogP contribution in [0.2, 0.25) is 0 Å². The maximum atomic E-state index is 12.9. The van der Waals surface area contributed by atoms with Crippen molar-refractivity contribution in [1.29, 1.82) is 0 Å². The Morgan fingerprint density at radius 1 is 1.25 bits per heavy atom. The molecule has 32 heavy (non-hydrogen) atoms. The van der Waals surface area contributed by atoms with Crippen LogP contribution in [0.5, 0.6) is 0 Å². The van der Waals surface area contributed by atoms with Gasteiger partial charge in [-0.15, -0.1) is 0 Å². The number of fused-ring (bicyclic) bond motifs is 1. The van der Waals surface area contributed by atoms with Gasteiger partial charge in [-0.3, -0.25) is 14.7 Å². The summed E-state index contributed by atoms with van der Waals surface area (Å²) in [5, 5.41) is 3.64. The molecule has 0 atom stereocenters. The molecule has 4 heterocycles. The highest BCUT2D eigenvalue weighted by molar-refractivity contribution is 5.92. The third-order valence-electron chi connectivity index (χ3n) is 5.15. The molecule has 3 aromatic heterocycles. The summed E-state index contributed by atoms with van der Waals surface area (Å²) in [4.78, 5) is 21.3. The Morgan fingerprint density at radius 2 is 2.03 bits per heavy atom. The first-order valence-electron chi connectivity index (χ1n) is 9.51. The number of rotatable bonds is 5. The molecule has 3 aromatic rings. The van der Waals surface area contributed by atoms with Crippen molar-refractivity contribution in [3.63, 3.8) is 0 Å². The van der Waals surface area contributed by atoms with E-state index in [4.69, 9.17) is 5.73 Å². The fraction of sp³-hybridized carbons (Fsp3) is 0.300. The van der Waals surface area contributed by atoms with Crippen LogP contribution in [0.3, 0.4) is 0 Å². The normalized spacial score (nSPS) is 14.6. The summed E-state index contributed by atoms with van der Waals surface area (Å²) in [6.45, 7) is -1.86. The number of carbonyl (C=O) groups is 1. The molecular weight excluding hydrogens is 435 g/mol. The molecule has 1 aliphatic rings. The zero-order chi connectivity index (χ0) is 23.0. The summed E-state index contributed by atoms with van der Waals surface area (Å²) in [7, 11) is 0. The third-order valence-corrected chi connectivity index (χ3v) is 5.15. The van der Waals surface area contributed by atoms with Gasteiger partial charge in [0.25, 0.3) is 5.91 Å². The Morgan fingerprint density at radius 3 is 2.69 bits per heavy atom. The lowest BCUT2D eigenvalue weighted by atomic mass is 9.94. The monoisotopic (exact) mass is 452 g/mol. The molecule has 0 bridgehead atoms. The lowest BCUT2D eigenvalue weighted by molar-refractivity contribution is -0.141. The minimum Gasteiger partial charge on any atom is -0.364 e. The highest BCUT2D eigenvalue weighted by Gasteiger charge is 2.32. The maximum Gasteiger partial charge on any atom is 0.433 e. The molecule has 168 valence electrons. The summed E-state index contributed by atoms with van der Waals surface area (Å²) < 4.78 is 65.2. The van der Waals surface area contributed by atoms with E-state index in [0.29, 0.717) is 40.0 Å². The number of primary amides is 1. The number of aromatic nitrogens is 4. The van der Waals surface area contributed by atoms with E-state index in [-0.39, 0.29) is 18.8 Å². The number of halogens is 5. The second-order valence-corrected chi connectivity index (χ2v) is 7.34. The number of carbonyl (C=O) groups excluding carboxylic acids is 1. The van der Waals surface area contributed by atoms with Crippen molar-refractivity contribution in [3.8, 4) is 11.1 Å². The molecule has 0 aliphatic carbocycles. The summed E-state index contributed by atoms with van der Waals surface area (Å²) in [6.07, 6.45) is -0.534. The van der Waals surface area contributed by atoms with Crippen LogP contribution in [0.4, 0.5) is 22.0 Å². The standard InChI is InChI=1S/C20H17F5N6O/c21-19(22)31-9-12(7-28-31)14-6-15(18(26)32)29-16-10-30(4-2-13(14)16)8-11-1-3-27-17(5-11)20(23,24)25/h1,3,5-7,9,19H,2,4,8,10H2,(H2,26,32). The zero-order valence-electron chi connectivity index (χ0n) is 16.5. The Hall–Kier alpha value is -3.41. The average molecular weight is 452 g/mol. The van der Waals surface area contributed by atoms with Crippen LogP contribution < -0.4 is 5.73 Å². The van der Waals surface area contributed by atoms with E-state index in [1.165, 1.54) is 24.5 Å². The smallest absolute Gasteiger partial charge is 0.364 e. The van der Waals surface area contributed by atoms with Crippen molar-refractivity contribution in [2.45, 2.75) is 32.2 Å². The number of hydrogen-bond donors (Lipinski definition) is 1. The predicted octanol–water partition coefficient (Wildman–Crippen LogP) is 3.41. The van der Waals surface area contributed by atoms with E-state index in [9.17, 15) is 26.7 Å². The topological polar surface area (TPSA) is 89.9 Å². The molecule has 0 fully saturated rings. The fourth-order valence-electron chi connectivity index (χ4n) is 3.68. The van der Waals surface area contributed by atoms with Gasteiger partial charge in [0, 0.05) is 37.6 Å². The minimum absolute atomic E-state index is 0.0336. The van der Waals surface area contributed by atoms with Crippen molar-refractivity contribution >= 4 is 5.91 Å². The van der Waals surface area contributed by atoms with E-state index in [0.717, 1.165) is 17.8 Å². The summed E-state index contributed by atoms with van der Waals surface area (Å²) in [5.74, 6) is -0.781. The molecule has 0 radical (unpaired) electrons. The number of alkyl halides is 5. The molecule has 0 saturated carbocycles. The molecule has 0 unspecified atom stereocenters. The van der Waals surface area contributed by atoms with Gasteiger partial charge in [0.15, 0.2) is 0 Å². The maximum absolute atomic E-state index is 12.9. The van der Waals surface area contributed by atoms with E-state index in [1.807, 2.05) is 4.90 Å². The van der Waals surface area contributed by atoms with Gasteiger partial charge < -0.3 is 5.73 Å². The van der Waals surface area contributed by atoms with Crippen LogP contribution in [-0.4, -0.2) is 37.1 Å². The van der Waals surface area contributed by atoms with Crippen LogP contribution in [0.1, 0.15) is 39.6 Å². The van der Waals surface area contributed by atoms with Gasteiger partial charge in [-0.2, -0.15) is 27.1 Å². The molecule has 0 spiro atoms. The Kier molecular flexibility index (Phi) is 5.63. The quantitative estimate of drug-likeness (QED) is 0.600. The van der Waals surface area contributed by atoms with Gasteiger partial charge in [0.1, 0.15) is 11.4 Å². The number of nitrogens with zero attached hydrogens (tertiary/aromatic N) is 5. The van der Waals surface area contributed by atoms with E-state index < -0.39 is 24.3 Å². The highest BCUT2D eigenvalue weighted by atomic mass is 19.4. The minimum atomic E-state index is -4.54. The Balaban J connectivity index is 1.64. The third kappa shape index (κ3) is 4.44. The SMILES string of the molecule is NC(=O)c1cc(-c2cnn(C(F)F)c2)c2c(n1)CN(Cc1ccnc(C(F)(F)F)c1)CC2. The molecule has 4 rings (SSSR count). The van der Waals surface area contributed by atoms with Gasteiger partial charge >= 0.3 is 12.7 Å². The molecule has 0 aromatic carbocycles. The van der Waals surface area contributed by atoms with Crippen LogP contribution >= 0.6 is 0 Å². The highest BCUT2D eigenvalue weighted by Crippen LogP contribution is 2.32. The molecule has 1 aliphatic heterocycles. The van der Waals surface area contributed by atoms with Gasteiger partial charge in [-0.25, -0.2) is 9.67 Å². The van der Waals surface area contributed by atoms with Gasteiger partial charge in [0.2, 0.25) is 0 Å². The van der Waals surface area contributed by atoms with Crippen molar-refractivity contribution in [3.05, 3.63) is 65.0 Å². The van der Waals surface area contributed by atoms with Crippen LogP contribution in [-0.2, 0) is 25.7 Å². The van der Waals surface area contributed by atoms with Crippen LogP contribution in [0, 0.1) is 0 Å². The second-order valence-electron chi connectivity index (χ2n) is 7.34. The number of amides is 1. The lowest BCUT2D eigenvalue weighted by Gasteiger charge is -2.29. The van der Waals surface area contributed by atoms with E-state index >= 15 is 0 Å². The first-order valence-corrected chi connectivity index (χ1v) is 9.51. The summed E-state index contributed by atoms with van der Waals surface area (Å²) in [6, 6.07) is 3.94. The van der Waals surface area contributed by atoms with Crippen LogP contribution in [0.25, 0.3) is 11.1 Å². The second kappa shape index (κ2) is 8.26. The van der Waals surface area contributed by atoms with Gasteiger partial charge in [-0.1, -0.05) is 0 Å². The van der Waals surface area contributed by atoms with Crippen molar-refractivity contribution < 1.29 is 26.7 Å². The molecule has 2 N–H and O–H groups in total. The van der Waals surface area contributed by atoms with Crippen LogP contribution in [0.15, 0.2) is 36.8 Å².